The summed E-state index contributed by atoms with van der Waals surface area (Å²) in [5.41, 5.74) is -1.45. The third-order valence-electron chi connectivity index (χ3n) is 5.37. The SMILES string of the molecule is CC(C)[C@H](C)NC(=O)c1noc(-c2ccc(C(F)(F)F)cc2)c1CNc1ccc(C(F)(F)F)cn1. The molecule has 0 radical (unpaired) electrons. The van der Waals surface area contributed by atoms with Crippen LogP contribution in [0, 0.1) is 5.92 Å². The Morgan fingerprint density at radius 2 is 1.54 bits per heavy atom. The van der Waals surface area contributed by atoms with Gasteiger partial charge in [-0.15, -0.1) is 0 Å². The molecule has 0 saturated carbocycles. The molecule has 0 fully saturated rings. The number of amides is 1. The molecular weight excluding hydrogens is 478 g/mol. The fraction of sp³-hybridized carbons (Fsp3) is 0.348. The second-order valence-electron chi connectivity index (χ2n) is 8.20. The largest absolute Gasteiger partial charge is 0.417 e. The highest BCUT2D eigenvalue weighted by molar-refractivity contribution is 5.95. The number of benzene rings is 1. The molecule has 1 amide bonds. The molecule has 0 aliphatic heterocycles. The average molecular weight is 500 g/mol. The molecular formula is C23H22F6N4O2. The molecule has 0 bridgehead atoms. The molecule has 12 heteroatoms. The van der Waals surface area contributed by atoms with Crippen LogP contribution < -0.4 is 10.6 Å². The summed E-state index contributed by atoms with van der Waals surface area (Å²) in [6, 6.07) is 5.85. The Morgan fingerprint density at radius 3 is 2.06 bits per heavy atom. The van der Waals surface area contributed by atoms with E-state index >= 15 is 0 Å². The Labute approximate surface area is 196 Å². The smallest absolute Gasteiger partial charge is 0.366 e. The number of nitrogens with zero attached hydrogens (tertiary/aromatic N) is 2. The summed E-state index contributed by atoms with van der Waals surface area (Å²) < 4.78 is 82.5. The van der Waals surface area contributed by atoms with Gasteiger partial charge in [0, 0.05) is 24.3 Å². The first-order chi connectivity index (χ1) is 16.3. The minimum Gasteiger partial charge on any atom is -0.366 e. The molecule has 0 aliphatic carbocycles. The molecule has 1 aromatic carbocycles. The summed E-state index contributed by atoms with van der Waals surface area (Å²) in [6.45, 7) is 5.46. The van der Waals surface area contributed by atoms with Crippen molar-refractivity contribution in [1.29, 1.82) is 0 Å². The normalized spacial score (nSPS) is 13.1. The van der Waals surface area contributed by atoms with Crippen molar-refractivity contribution in [2.24, 2.45) is 5.92 Å². The van der Waals surface area contributed by atoms with E-state index in [0.29, 0.717) is 6.20 Å². The third kappa shape index (κ3) is 6.31. The van der Waals surface area contributed by atoms with Crippen LogP contribution in [0.25, 0.3) is 11.3 Å². The maximum Gasteiger partial charge on any atom is 0.417 e. The molecule has 2 heterocycles. The lowest BCUT2D eigenvalue weighted by Gasteiger charge is -2.17. The minimum absolute atomic E-state index is 0.0421. The lowest BCUT2D eigenvalue weighted by atomic mass is 10.0. The van der Waals surface area contributed by atoms with Gasteiger partial charge in [-0.25, -0.2) is 4.98 Å². The number of carbonyl (C=O) groups is 1. The predicted molar refractivity (Wildman–Crippen MR) is 115 cm³/mol. The topological polar surface area (TPSA) is 80.0 Å². The van der Waals surface area contributed by atoms with E-state index in [4.69, 9.17) is 4.52 Å². The number of nitrogens with one attached hydrogen (secondary N) is 2. The number of halogens is 6. The van der Waals surface area contributed by atoms with Crippen molar-refractivity contribution >= 4 is 11.7 Å². The molecule has 1 atom stereocenters. The number of rotatable bonds is 7. The molecule has 35 heavy (non-hydrogen) atoms. The molecule has 3 rings (SSSR count). The predicted octanol–water partition coefficient (Wildman–Crippen LogP) is 6.16. The summed E-state index contributed by atoms with van der Waals surface area (Å²) in [7, 11) is 0. The summed E-state index contributed by atoms with van der Waals surface area (Å²) >= 11 is 0. The van der Waals surface area contributed by atoms with E-state index in [9.17, 15) is 31.1 Å². The van der Waals surface area contributed by atoms with Gasteiger partial charge in [0.25, 0.3) is 5.91 Å². The number of anilines is 1. The van der Waals surface area contributed by atoms with Crippen LogP contribution >= 0.6 is 0 Å². The highest BCUT2D eigenvalue weighted by atomic mass is 19.4. The molecule has 188 valence electrons. The van der Waals surface area contributed by atoms with Crippen LogP contribution in [-0.4, -0.2) is 22.1 Å². The van der Waals surface area contributed by atoms with E-state index in [1.807, 2.05) is 13.8 Å². The van der Waals surface area contributed by atoms with Gasteiger partial charge in [0.05, 0.1) is 16.7 Å². The van der Waals surface area contributed by atoms with Crippen molar-refractivity contribution in [3.63, 3.8) is 0 Å². The average Bonchev–Trinajstić information content (AvgIpc) is 3.20. The van der Waals surface area contributed by atoms with E-state index in [1.54, 1.807) is 6.92 Å². The van der Waals surface area contributed by atoms with Gasteiger partial charge >= 0.3 is 12.4 Å². The molecule has 0 aliphatic rings. The van der Waals surface area contributed by atoms with Crippen LogP contribution in [0.3, 0.4) is 0 Å². The summed E-state index contributed by atoms with van der Waals surface area (Å²) in [5, 5.41) is 9.39. The van der Waals surface area contributed by atoms with Crippen molar-refractivity contribution in [3.8, 4) is 11.3 Å². The zero-order chi connectivity index (χ0) is 26.0. The number of aromatic nitrogens is 2. The van der Waals surface area contributed by atoms with E-state index in [-0.39, 0.29) is 46.9 Å². The van der Waals surface area contributed by atoms with Gasteiger partial charge in [-0.05, 0) is 37.1 Å². The lowest BCUT2D eigenvalue weighted by Crippen LogP contribution is -2.36. The maximum absolute atomic E-state index is 12.9. The van der Waals surface area contributed by atoms with Gasteiger partial charge in [0.15, 0.2) is 11.5 Å². The quantitative estimate of drug-likeness (QED) is 0.380. The van der Waals surface area contributed by atoms with Gasteiger partial charge < -0.3 is 15.2 Å². The van der Waals surface area contributed by atoms with Gasteiger partial charge in [0.1, 0.15) is 5.82 Å². The molecule has 0 saturated heterocycles. The molecule has 6 nitrogen and oxygen atoms in total. The van der Waals surface area contributed by atoms with E-state index in [1.165, 1.54) is 12.1 Å². The summed E-state index contributed by atoms with van der Waals surface area (Å²) in [4.78, 5) is 16.6. The molecule has 2 N–H and O–H groups in total. The Hall–Kier alpha value is -3.57. The van der Waals surface area contributed by atoms with Crippen molar-refractivity contribution in [2.45, 2.75) is 45.7 Å². The van der Waals surface area contributed by atoms with Crippen molar-refractivity contribution in [2.75, 3.05) is 5.32 Å². The van der Waals surface area contributed by atoms with Gasteiger partial charge in [-0.3, -0.25) is 4.79 Å². The molecule has 2 aromatic heterocycles. The van der Waals surface area contributed by atoms with Gasteiger partial charge in [-0.1, -0.05) is 31.1 Å². The Bertz CT molecular complexity index is 1150. The highest BCUT2D eigenvalue weighted by Gasteiger charge is 2.32. The Balaban J connectivity index is 1.92. The van der Waals surface area contributed by atoms with Crippen molar-refractivity contribution in [1.82, 2.24) is 15.5 Å². The molecule has 0 spiro atoms. The van der Waals surface area contributed by atoms with Crippen LogP contribution in [0.1, 0.15) is 48.0 Å². The van der Waals surface area contributed by atoms with Crippen LogP contribution in [-0.2, 0) is 18.9 Å². The van der Waals surface area contributed by atoms with E-state index in [2.05, 4.69) is 20.8 Å². The third-order valence-corrected chi connectivity index (χ3v) is 5.37. The molecule has 0 unspecified atom stereocenters. The fourth-order valence-electron chi connectivity index (χ4n) is 2.98. The number of hydrogen-bond donors (Lipinski definition) is 2. The Morgan fingerprint density at radius 1 is 0.943 bits per heavy atom. The highest BCUT2D eigenvalue weighted by Crippen LogP contribution is 2.33. The van der Waals surface area contributed by atoms with Crippen LogP contribution in [0.2, 0.25) is 0 Å². The zero-order valence-corrected chi connectivity index (χ0v) is 18.9. The standard InChI is InChI=1S/C23H22F6N4O2/c1-12(2)13(3)32-21(34)19-17(11-31-18-9-8-16(10-30-18)23(27,28)29)20(35-33-19)14-4-6-15(7-5-14)22(24,25)26/h4-10,12-13H,11H2,1-3H3,(H,30,31)(H,32,34)/t13-/m0/s1. The number of hydrogen-bond acceptors (Lipinski definition) is 5. The van der Waals surface area contributed by atoms with Crippen LogP contribution in [0.5, 0.6) is 0 Å². The number of pyridine rings is 1. The first-order valence-corrected chi connectivity index (χ1v) is 10.5. The van der Waals surface area contributed by atoms with Crippen molar-refractivity contribution < 1.29 is 35.7 Å². The van der Waals surface area contributed by atoms with Crippen LogP contribution in [0.4, 0.5) is 32.2 Å². The summed E-state index contributed by atoms with van der Waals surface area (Å²) in [6.07, 6.45) is -8.42. The second kappa shape index (κ2) is 9.96. The first-order valence-electron chi connectivity index (χ1n) is 10.5. The van der Waals surface area contributed by atoms with E-state index < -0.39 is 29.4 Å². The maximum atomic E-state index is 12.9. The first kappa shape index (κ1) is 26.0. The second-order valence-corrected chi connectivity index (χ2v) is 8.20. The number of carbonyl (C=O) groups excluding carboxylic acids is 1. The van der Waals surface area contributed by atoms with Gasteiger partial charge in [0.2, 0.25) is 0 Å². The number of alkyl halides is 6. The van der Waals surface area contributed by atoms with Gasteiger partial charge in [-0.2, -0.15) is 26.3 Å². The lowest BCUT2D eigenvalue weighted by molar-refractivity contribution is -0.138. The van der Waals surface area contributed by atoms with Crippen molar-refractivity contribution in [3.05, 3.63) is 65.0 Å². The molecule has 3 aromatic rings. The van der Waals surface area contributed by atoms with E-state index in [0.717, 1.165) is 24.3 Å². The van der Waals surface area contributed by atoms with Crippen LogP contribution in [0.15, 0.2) is 47.1 Å². The minimum atomic E-state index is -4.55. The Kier molecular flexibility index (Phi) is 7.41. The zero-order valence-electron chi connectivity index (χ0n) is 18.9. The summed E-state index contributed by atoms with van der Waals surface area (Å²) in [5.74, 6) is -0.330. The monoisotopic (exact) mass is 500 g/mol. The fourth-order valence-corrected chi connectivity index (χ4v) is 2.98.